The Morgan fingerprint density at radius 2 is 1.76 bits per heavy atom. The molecule has 1 aromatic rings. The van der Waals surface area contributed by atoms with Crippen LogP contribution in [0.5, 0.6) is 0 Å². The zero-order valence-corrected chi connectivity index (χ0v) is 12.5. The lowest BCUT2D eigenvalue weighted by Crippen LogP contribution is -2.56. The summed E-state index contributed by atoms with van der Waals surface area (Å²) in [6.07, 6.45) is 4.29. The number of hydrogen-bond donors (Lipinski definition) is 1. The molecule has 0 aliphatic carbocycles. The zero-order valence-electron chi connectivity index (χ0n) is 12.5. The number of halogens is 2. The summed E-state index contributed by atoms with van der Waals surface area (Å²) in [6.45, 7) is 5.66. The molecule has 2 rings (SSSR count). The van der Waals surface area contributed by atoms with E-state index in [0.29, 0.717) is 19.2 Å². The number of benzene rings is 1. The quantitative estimate of drug-likeness (QED) is 0.860. The molecule has 0 radical (unpaired) electrons. The van der Waals surface area contributed by atoms with Crippen molar-refractivity contribution < 1.29 is 18.7 Å². The van der Waals surface area contributed by atoms with E-state index in [1.54, 1.807) is 0 Å². The molecule has 1 aliphatic rings. The third-order valence-corrected chi connectivity index (χ3v) is 4.22. The average Bonchev–Trinajstić information content (AvgIpc) is 2.35. The Kier molecular flexibility index (Phi) is 4.49. The Balaban J connectivity index is 2.21. The molecule has 1 aliphatic heterocycles. The number of carboxylic acid groups (broad SMARTS) is 1. The van der Waals surface area contributed by atoms with Crippen molar-refractivity contribution in [3.63, 3.8) is 0 Å². The van der Waals surface area contributed by atoms with Crippen LogP contribution in [0.3, 0.4) is 0 Å². The molecule has 0 saturated carbocycles. The van der Waals surface area contributed by atoms with Gasteiger partial charge in [0.15, 0.2) is 0 Å². The minimum atomic E-state index is -1.37. The molecule has 0 spiro atoms. The van der Waals surface area contributed by atoms with Gasteiger partial charge in [0, 0.05) is 24.6 Å². The van der Waals surface area contributed by atoms with Gasteiger partial charge in [0.05, 0.1) is 11.3 Å². The molecule has 1 fully saturated rings. The third-order valence-electron chi connectivity index (χ3n) is 4.22. The minimum Gasteiger partial charge on any atom is -0.478 e. The molecule has 3 nitrogen and oxygen atoms in total. The second-order valence-corrected chi connectivity index (χ2v) is 5.94. The number of aromatic carboxylic acids is 1. The van der Waals surface area contributed by atoms with Crippen LogP contribution >= 0.6 is 0 Å². The van der Waals surface area contributed by atoms with Crippen LogP contribution < -0.4 is 4.90 Å². The highest BCUT2D eigenvalue weighted by Crippen LogP contribution is 2.42. The molecule has 1 saturated heterocycles. The smallest absolute Gasteiger partial charge is 0.338 e. The fourth-order valence-electron chi connectivity index (χ4n) is 3.38. The van der Waals surface area contributed by atoms with Crippen LogP contribution in [0.1, 0.15) is 49.9 Å². The van der Waals surface area contributed by atoms with Crippen LogP contribution in [0, 0.1) is 17.0 Å². The number of carbonyl (C=O) groups is 1. The van der Waals surface area contributed by atoms with Gasteiger partial charge in [0.1, 0.15) is 11.6 Å². The summed E-state index contributed by atoms with van der Waals surface area (Å²) in [7, 11) is 0. The van der Waals surface area contributed by atoms with Crippen molar-refractivity contribution in [2.75, 3.05) is 18.0 Å². The van der Waals surface area contributed by atoms with Crippen LogP contribution in [0.2, 0.25) is 0 Å². The molecule has 0 bridgehead atoms. The Hall–Kier alpha value is -1.65. The summed E-state index contributed by atoms with van der Waals surface area (Å²) in [5.74, 6) is -3.10. The van der Waals surface area contributed by atoms with E-state index in [1.807, 2.05) is 4.90 Å². The average molecular weight is 297 g/mol. The van der Waals surface area contributed by atoms with Crippen LogP contribution in [0.25, 0.3) is 0 Å². The van der Waals surface area contributed by atoms with Crippen LogP contribution in [0.4, 0.5) is 14.5 Å². The highest BCUT2D eigenvalue weighted by atomic mass is 19.1. The van der Waals surface area contributed by atoms with Crippen LogP contribution in [-0.4, -0.2) is 24.2 Å². The van der Waals surface area contributed by atoms with Gasteiger partial charge in [-0.05, 0) is 18.9 Å². The predicted molar refractivity (Wildman–Crippen MR) is 77.8 cm³/mol. The lowest BCUT2D eigenvalue weighted by atomic mass is 9.72. The molecule has 0 aromatic heterocycles. The first-order valence-corrected chi connectivity index (χ1v) is 7.39. The van der Waals surface area contributed by atoms with Crippen molar-refractivity contribution in [1.29, 1.82) is 0 Å². The Morgan fingerprint density at radius 1 is 1.19 bits per heavy atom. The lowest BCUT2D eigenvalue weighted by Gasteiger charge is -2.52. The van der Waals surface area contributed by atoms with E-state index in [4.69, 9.17) is 5.11 Å². The van der Waals surface area contributed by atoms with E-state index >= 15 is 0 Å². The summed E-state index contributed by atoms with van der Waals surface area (Å²) in [4.78, 5) is 12.8. The second-order valence-electron chi connectivity index (χ2n) is 5.94. The zero-order chi connectivity index (χ0) is 15.6. The third kappa shape index (κ3) is 3.01. The summed E-state index contributed by atoms with van der Waals surface area (Å²) in [6, 6.07) is 1.77. The van der Waals surface area contributed by atoms with Crippen molar-refractivity contribution in [1.82, 2.24) is 0 Å². The summed E-state index contributed by atoms with van der Waals surface area (Å²) in [5.41, 5.74) is -0.0974. The van der Waals surface area contributed by atoms with Crippen molar-refractivity contribution in [2.45, 2.75) is 39.5 Å². The Labute approximate surface area is 123 Å². The van der Waals surface area contributed by atoms with E-state index in [1.165, 1.54) is 0 Å². The van der Waals surface area contributed by atoms with E-state index < -0.39 is 23.2 Å². The summed E-state index contributed by atoms with van der Waals surface area (Å²) >= 11 is 0. The SMILES string of the molecule is CCCC1(CCC)CN(c2cc(C(=O)O)c(F)cc2F)C1. The van der Waals surface area contributed by atoms with E-state index in [2.05, 4.69) is 13.8 Å². The molecule has 1 heterocycles. The van der Waals surface area contributed by atoms with Crippen molar-refractivity contribution in [3.8, 4) is 0 Å². The number of nitrogens with zero attached hydrogens (tertiary/aromatic N) is 1. The van der Waals surface area contributed by atoms with E-state index in [0.717, 1.165) is 31.7 Å². The highest BCUT2D eigenvalue weighted by Gasteiger charge is 2.42. The van der Waals surface area contributed by atoms with Gasteiger partial charge < -0.3 is 10.0 Å². The topological polar surface area (TPSA) is 40.5 Å². The molecule has 0 atom stereocenters. The molecule has 5 heteroatoms. The summed E-state index contributed by atoms with van der Waals surface area (Å²) < 4.78 is 27.3. The Morgan fingerprint density at radius 3 is 2.24 bits per heavy atom. The van der Waals surface area contributed by atoms with Crippen LogP contribution in [-0.2, 0) is 0 Å². The molecule has 1 N–H and O–H groups in total. The number of rotatable bonds is 6. The summed E-state index contributed by atoms with van der Waals surface area (Å²) in [5, 5.41) is 8.94. The van der Waals surface area contributed by atoms with Gasteiger partial charge >= 0.3 is 5.97 Å². The van der Waals surface area contributed by atoms with Crippen molar-refractivity contribution in [3.05, 3.63) is 29.3 Å². The normalized spacial score (nSPS) is 16.7. The maximum atomic E-state index is 13.9. The number of anilines is 1. The molecule has 1 aromatic carbocycles. The molecular weight excluding hydrogens is 276 g/mol. The van der Waals surface area contributed by atoms with Gasteiger partial charge in [-0.1, -0.05) is 26.7 Å². The monoisotopic (exact) mass is 297 g/mol. The van der Waals surface area contributed by atoms with Crippen molar-refractivity contribution in [2.24, 2.45) is 5.41 Å². The van der Waals surface area contributed by atoms with Gasteiger partial charge in [0.2, 0.25) is 0 Å². The van der Waals surface area contributed by atoms with Gasteiger partial charge in [-0.25, -0.2) is 13.6 Å². The first kappa shape index (κ1) is 15.7. The van der Waals surface area contributed by atoms with Crippen molar-refractivity contribution >= 4 is 11.7 Å². The largest absolute Gasteiger partial charge is 0.478 e. The van der Waals surface area contributed by atoms with E-state index in [9.17, 15) is 13.6 Å². The second kappa shape index (κ2) is 6.00. The Bertz CT molecular complexity index is 531. The standard InChI is InChI=1S/C16H21F2NO2/c1-3-5-16(6-4-2)9-19(10-16)14-7-11(15(20)21)12(17)8-13(14)18/h7-8H,3-6,9-10H2,1-2H3,(H,20,21). The first-order chi connectivity index (χ1) is 9.92. The first-order valence-electron chi connectivity index (χ1n) is 7.39. The lowest BCUT2D eigenvalue weighted by molar-refractivity contribution is 0.0691. The number of hydrogen-bond acceptors (Lipinski definition) is 2. The maximum absolute atomic E-state index is 13.9. The molecule has 0 amide bonds. The predicted octanol–water partition coefficient (Wildman–Crippen LogP) is 4.07. The highest BCUT2D eigenvalue weighted by molar-refractivity contribution is 5.89. The molecule has 116 valence electrons. The molecule has 0 unspecified atom stereocenters. The fraction of sp³-hybridized carbons (Fsp3) is 0.562. The number of carboxylic acids is 1. The van der Waals surface area contributed by atoms with Gasteiger partial charge in [0.25, 0.3) is 0 Å². The fourth-order valence-corrected chi connectivity index (χ4v) is 3.38. The van der Waals surface area contributed by atoms with Gasteiger partial charge in [-0.3, -0.25) is 0 Å². The molecular formula is C16H21F2NO2. The maximum Gasteiger partial charge on any atom is 0.338 e. The van der Waals surface area contributed by atoms with Gasteiger partial charge in [-0.15, -0.1) is 0 Å². The van der Waals surface area contributed by atoms with E-state index in [-0.39, 0.29) is 11.1 Å². The van der Waals surface area contributed by atoms with Crippen LogP contribution in [0.15, 0.2) is 12.1 Å². The van der Waals surface area contributed by atoms with Gasteiger partial charge in [-0.2, -0.15) is 0 Å². The minimum absolute atomic E-state index is 0.188. The molecule has 21 heavy (non-hydrogen) atoms.